The van der Waals surface area contributed by atoms with Gasteiger partial charge in [0.15, 0.2) is 5.75 Å². The lowest BCUT2D eigenvalue weighted by Crippen LogP contribution is -2.23. The number of alkyl halides is 1. The fourth-order valence-corrected chi connectivity index (χ4v) is 1.73. The highest BCUT2D eigenvalue weighted by Crippen LogP contribution is 2.28. The quantitative estimate of drug-likeness (QED) is 0.346. The molecule has 1 unspecified atom stereocenters. The number of carbonyl (C=O) groups is 1. The molecule has 0 saturated heterocycles. The summed E-state index contributed by atoms with van der Waals surface area (Å²) in [6, 6.07) is 4.76. The summed E-state index contributed by atoms with van der Waals surface area (Å²) in [7, 11) is 1.26. The summed E-state index contributed by atoms with van der Waals surface area (Å²) in [5.74, 6) is -0.358. The Morgan fingerprint density at radius 1 is 1.53 bits per heavy atom. The van der Waals surface area contributed by atoms with Gasteiger partial charge < -0.3 is 9.47 Å². The van der Waals surface area contributed by atoms with Gasteiger partial charge in [-0.15, -0.1) is 0 Å². The van der Waals surface area contributed by atoms with Crippen molar-refractivity contribution in [2.24, 2.45) is 0 Å². The van der Waals surface area contributed by atoms with Crippen LogP contribution in [0.5, 0.6) is 5.75 Å². The molecule has 0 saturated carbocycles. The molecule has 0 radical (unpaired) electrons. The van der Waals surface area contributed by atoms with Crippen LogP contribution in [0.1, 0.15) is 12.5 Å². The second-order valence-corrected chi connectivity index (χ2v) is 4.82. The highest BCUT2D eigenvalue weighted by atomic mass is 79.9. The van der Waals surface area contributed by atoms with Crippen molar-refractivity contribution >= 4 is 27.6 Å². The van der Waals surface area contributed by atoms with E-state index in [2.05, 4.69) is 20.7 Å². The Balaban J connectivity index is 2.83. The van der Waals surface area contributed by atoms with Crippen LogP contribution in [0.3, 0.4) is 0 Å². The van der Waals surface area contributed by atoms with Gasteiger partial charge in [-0.2, -0.15) is 0 Å². The average Bonchev–Trinajstić information content (AvgIpc) is 2.43. The van der Waals surface area contributed by atoms with Crippen LogP contribution in [0.4, 0.5) is 5.69 Å². The molecule has 6 nitrogen and oxygen atoms in total. The Morgan fingerprint density at radius 2 is 2.21 bits per heavy atom. The molecular formula is C12H14BrNO5. The average molecular weight is 332 g/mol. The number of nitro groups is 1. The first-order valence-electron chi connectivity index (χ1n) is 5.61. The number of ether oxygens (including phenoxy) is 2. The monoisotopic (exact) mass is 331 g/mol. The van der Waals surface area contributed by atoms with Crippen molar-refractivity contribution in [3.05, 3.63) is 33.9 Å². The largest absolute Gasteiger partial charge is 0.485 e. The standard InChI is InChI=1S/C12H14BrNO5/c1-3-8-4-5-11(10(6-8)14(16)17)19-7-9(13)12(15)18-2/h4-6,9H,3,7H2,1-2H3. The molecule has 0 fully saturated rings. The number of esters is 1. The molecule has 0 bridgehead atoms. The zero-order chi connectivity index (χ0) is 14.4. The second-order valence-electron chi connectivity index (χ2n) is 3.71. The van der Waals surface area contributed by atoms with Crippen LogP contribution >= 0.6 is 15.9 Å². The van der Waals surface area contributed by atoms with Gasteiger partial charge in [0, 0.05) is 6.07 Å². The molecule has 0 aromatic heterocycles. The summed E-state index contributed by atoms with van der Waals surface area (Å²) in [6.07, 6.45) is 0.699. The van der Waals surface area contributed by atoms with E-state index < -0.39 is 15.7 Å². The maximum atomic E-state index is 11.2. The maximum Gasteiger partial charge on any atom is 0.322 e. The Bertz CT molecular complexity index is 477. The lowest BCUT2D eigenvalue weighted by atomic mass is 10.1. The van der Waals surface area contributed by atoms with Gasteiger partial charge in [-0.05, 0) is 18.1 Å². The van der Waals surface area contributed by atoms with Crippen LogP contribution in [-0.2, 0) is 16.0 Å². The minimum absolute atomic E-state index is 0.0427. The van der Waals surface area contributed by atoms with Gasteiger partial charge in [0.2, 0.25) is 0 Å². The third-order valence-electron chi connectivity index (χ3n) is 2.47. The molecule has 0 heterocycles. The third kappa shape index (κ3) is 4.20. The first-order chi connectivity index (χ1) is 8.99. The number of carbonyl (C=O) groups excluding carboxylic acids is 1. The highest BCUT2D eigenvalue weighted by Gasteiger charge is 2.20. The molecule has 1 aromatic carbocycles. The van der Waals surface area contributed by atoms with Crippen molar-refractivity contribution in [1.29, 1.82) is 0 Å². The number of methoxy groups -OCH3 is 1. The van der Waals surface area contributed by atoms with Gasteiger partial charge in [-0.25, -0.2) is 0 Å². The maximum absolute atomic E-state index is 11.2. The number of nitro benzene ring substituents is 1. The van der Waals surface area contributed by atoms with E-state index in [-0.39, 0.29) is 18.0 Å². The van der Waals surface area contributed by atoms with E-state index in [0.717, 1.165) is 5.56 Å². The van der Waals surface area contributed by atoms with Crippen LogP contribution in [0.15, 0.2) is 18.2 Å². The molecule has 104 valence electrons. The molecule has 0 aliphatic rings. The van der Waals surface area contributed by atoms with Crippen LogP contribution in [0.25, 0.3) is 0 Å². The van der Waals surface area contributed by atoms with Crippen molar-refractivity contribution in [3.8, 4) is 5.75 Å². The number of benzene rings is 1. The molecule has 0 N–H and O–H groups in total. The minimum Gasteiger partial charge on any atom is -0.485 e. The predicted molar refractivity (Wildman–Crippen MR) is 72.7 cm³/mol. The zero-order valence-corrected chi connectivity index (χ0v) is 12.2. The molecule has 0 amide bonds. The number of rotatable bonds is 6. The number of hydrogen-bond acceptors (Lipinski definition) is 5. The number of nitrogens with zero attached hydrogens (tertiary/aromatic N) is 1. The molecule has 0 aliphatic carbocycles. The van der Waals surface area contributed by atoms with Gasteiger partial charge >= 0.3 is 11.7 Å². The first kappa shape index (κ1) is 15.4. The molecule has 1 aromatic rings. The van der Waals surface area contributed by atoms with Crippen molar-refractivity contribution in [2.75, 3.05) is 13.7 Å². The summed E-state index contributed by atoms with van der Waals surface area (Å²) in [6.45, 7) is 1.87. The summed E-state index contributed by atoms with van der Waals surface area (Å²) < 4.78 is 9.81. The Labute approximate surface area is 119 Å². The Hall–Kier alpha value is -1.63. The van der Waals surface area contributed by atoms with Crippen LogP contribution in [-0.4, -0.2) is 29.4 Å². The molecule has 19 heavy (non-hydrogen) atoms. The summed E-state index contributed by atoms with van der Waals surface area (Å²) in [4.78, 5) is 20.9. The van der Waals surface area contributed by atoms with Crippen molar-refractivity contribution in [1.82, 2.24) is 0 Å². The smallest absolute Gasteiger partial charge is 0.322 e. The van der Waals surface area contributed by atoms with Crippen LogP contribution < -0.4 is 4.74 Å². The molecule has 1 rings (SSSR count). The molecule has 0 spiro atoms. The Morgan fingerprint density at radius 3 is 2.74 bits per heavy atom. The fraction of sp³-hybridized carbons (Fsp3) is 0.417. The van der Waals surface area contributed by atoms with Gasteiger partial charge in [-0.1, -0.05) is 28.9 Å². The zero-order valence-electron chi connectivity index (χ0n) is 10.6. The topological polar surface area (TPSA) is 78.7 Å². The SMILES string of the molecule is CCc1ccc(OCC(Br)C(=O)OC)c([N+](=O)[O-])c1. The second kappa shape index (κ2) is 7.08. The number of halogens is 1. The van der Waals surface area contributed by atoms with Crippen LogP contribution in [0, 0.1) is 10.1 Å². The van der Waals surface area contributed by atoms with Crippen molar-refractivity contribution < 1.29 is 19.2 Å². The molecule has 7 heteroatoms. The van der Waals surface area contributed by atoms with E-state index in [1.54, 1.807) is 6.07 Å². The molecule has 0 aliphatic heterocycles. The Kier molecular flexibility index (Phi) is 5.75. The predicted octanol–water partition coefficient (Wildman–Crippen LogP) is 2.47. The van der Waals surface area contributed by atoms with E-state index in [9.17, 15) is 14.9 Å². The third-order valence-corrected chi connectivity index (χ3v) is 3.11. The van der Waals surface area contributed by atoms with E-state index in [0.29, 0.717) is 6.42 Å². The lowest BCUT2D eigenvalue weighted by Gasteiger charge is -2.10. The van der Waals surface area contributed by atoms with Gasteiger partial charge in [0.1, 0.15) is 11.4 Å². The van der Waals surface area contributed by atoms with Crippen molar-refractivity contribution in [2.45, 2.75) is 18.2 Å². The normalized spacial score (nSPS) is 11.7. The van der Waals surface area contributed by atoms with Gasteiger partial charge in [0.05, 0.1) is 12.0 Å². The summed E-state index contributed by atoms with van der Waals surface area (Å²) >= 11 is 3.08. The van der Waals surface area contributed by atoms with E-state index >= 15 is 0 Å². The van der Waals surface area contributed by atoms with E-state index in [1.165, 1.54) is 19.2 Å². The fourth-order valence-electron chi connectivity index (χ4n) is 1.41. The lowest BCUT2D eigenvalue weighted by molar-refractivity contribution is -0.385. The van der Waals surface area contributed by atoms with E-state index in [1.807, 2.05) is 6.92 Å². The molecular weight excluding hydrogens is 318 g/mol. The highest BCUT2D eigenvalue weighted by molar-refractivity contribution is 9.10. The van der Waals surface area contributed by atoms with Gasteiger partial charge in [0.25, 0.3) is 0 Å². The first-order valence-corrected chi connectivity index (χ1v) is 6.53. The van der Waals surface area contributed by atoms with Gasteiger partial charge in [-0.3, -0.25) is 14.9 Å². The number of hydrogen-bond donors (Lipinski definition) is 0. The minimum atomic E-state index is -0.664. The van der Waals surface area contributed by atoms with E-state index in [4.69, 9.17) is 4.74 Å². The van der Waals surface area contributed by atoms with Crippen molar-refractivity contribution in [3.63, 3.8) is 0 Å². The van der Waals surface area contributed by atoms with Crippen LogP contribution in [0.2, 0.25) is 0 Å². The summed E-state index contributed by atoms with van der Waals surface area (Å²) in [5.41, 5.74) is 0.742. The number of aryl methyl sites for hydroxylation is 1. The summed E-state index contributed by atoms with van der Waals surface area (Å²) in [5, 5.41) is 10.9. The molecule has 1 atom stereocenters.